The van der Waals surface area contributed by atoms with Crippen molar-refractivity contribution in [3.63, 3.8) is 0 Å². The van der Waals surface area contributed by atoms with Gasteiger partial charge in [0.2, 0.25) is 11.8 Å². The molecule has 1 fully saturated rings. The molecule has 1 aromatic rings. The molecule has 7 nitrogen and oxygen atoms in total. The minimum absolute atomic E-state index is 0.320. The maximum atomic E-state index is 12.4. The number of rotatable bonds is 6. The molecule has 1 N–H and O–H groups in total. The Balaban J connectivity index is 1.48. The molecule has 1 saturated heterocycles. The van der Waals surface area contributed by atoms with Crippen LogP contribution in [0.3, 0.4) is 0 Å². The maximum Gasteiger partial charge on any atom is 0.326 e. The Morgan fingerprint density at radius 1 is 1.11 bits per heavy atom. The normalized spacial score (nSPS) is 22.0. The number of likely N-dealkylation sites (tertiary alicyclic amines) is 1. The molecule has 148 valence electrons. The van der Waals surface area contributed by atoms with E-state index in [-0.39, 0.29) is 23.7 Å². The summed E-state index contributed by atoms with van der Waals surface area (Å²) in [6.45, 7) is 3.30. The van der Waals surface area contributed by atoms with Gasteiger partial charge in [0.15, 0.2) is 6.10 Å². The smallest absolute Gasteiger partial charge is 0.326 e. The molecule has 3 atom stereocenters. The molecule has 0 spiro atoms. The number of hydrogen-bond donors (Lipinski definition) is 1. The van der Waals surface area contributed by atoms with E-state index in [1.54, 1.807) is 0 Å². The Bertz CT molecular complexity index is 789. The van der Waals surface area contributed by atoms with Gasteiger partial charge in [0.1, 0.15) is 6.54 Å². The van der Waals surface area contributed by atoms with Gasteiger partial charge in [-0.3, -0.25) is 24.1 Å². The molecule has 1 aliphatic carbocycles. The van der Waals surface area contributed by atoms with Crippen LogP contribution in [-0.4, -0.2) is 41.2 Å². The van der Waals surface area contributed by atoms with Crippen LogP contribution in [0.15, 0.2) is 36.4 Å². The fourth-order valence-electron chi connectivity index (χ4n) is 3.48. The molecule has 3 amide bonds. The number of allylic oxidation sites excluding steroid dienone is 2. The number of nitrogens with one attached hydrogen (secondary N) is 1. The fourth-order valence-corrected chi connectivity index (χ4v) is 3.48. The van der Waals surface area contributed by atoms with Crippen molar-refractivity contribution < 1.29 is 23.9 Å². The zero-order valence-corrected chi connectivity index (χ0v) is 16.0. The van der Waals surface area contributed by atoms with Crippen LogP contribution >= 0.6 is 0 Å². The van der Waals surface area contributed by atoms with Crippen molar-refractivity contribution in [1.29, 1.82) is 0 Å². The monoisotopic (exact) mass is 384 g/mol. The molecule has 0 aromatic heterocycles. The van der Waals surface area contributed by atoms with E-state index >= 15 is 0 Å². The van der Waals surface area contributed by atoms with Gasteiger partial charge in [0.25, 0.3) is 5.91 Å². The first kappa shape index (κ1) is 19.8. The zero-order valence-electron chi connectivity index (χ0n) is 16.0. The molecule has 2 aliphatic rings. The van der Waals surface area contributed by atoms with E-state index in [2.05, 4.69) is 5.32 Å². The summed E-state index contributed by atoms with van der Waals surface area (Å²) in [4.78, 5) is 50.0. The number of imide groups is 1. The minimum atomic E-state index is -1.02. The van der Waals surface area contributed by atoms with Crippen molar-refractivity contribution in [3.05, 3.63) is 47.5 Å². The Morgan fingerprint density at radius 2 is 1.68 bits per heavy atom. The first-order valence-corrected chi connectivity index (χ1v) is 9.39. The molecule has 0 unspecified atom stereocenters. The average molecular weight is 384 g/mol. The van der Waals surface area contributed by atoms with E-state index in [0.29, 0.717) is 19.4 Å². The highest BCUT2D eigenvalue weighted by atomic mass is 16.5. The van der Waals surface area contributed by atoms with E-state index in [1.807, 2.05) is 43.3 Å². The maximum absolute atomic E-state index is 12.4. The molecule has 0 radical (unpaired) electrons. The van der Waals surface area contributed by atoms with Crippen LogP contribution in [0.4, 0.5) is 0 Å². The van der Waals surface area contributed by atoms with Crippen LogP contribution < -0.4 is 5.32 Å². The van der Waals surface area contributed by atoms with Gasteiger partial charge in [-0.25, -0.2) is 0 Å². The first-order valence-electron chi connectivity index (χ1n) is 9.39. The average Bonchev–Trinajstić information content (AvgIpc) is 2.92. The van der Waals surface area contributed by atoms with Gasteiger partial charge in [0, 0.05) is 6.54 Å². The Kier molecular flexibility index (Phi) is 5.92. The molecule has 0 saturated carbocycles. The Morgan fingerprint density at radius 3 is 2.25 bits per heavy atom. The van der Waals surface area contributed by atoms with Gasteiger partial charge >= 0.3 is 5.97 Å². The Labute approximate surface area is 163 Å². The number of benzene rings is 1. The predicted molar refractivity (Wildman–Crippen MR) is 101 cm³/mol. The van der Waals surface area contributed by atoms with Crippen LogP contribution in [0.25, 0.3) is 0 Å². The summed E-state index contributed by atoms with van der Waals surface area (Å²) < 4.78 is 5.12. The van der Waals surface area contributed by atoms with Crippen LogP contribution in [0.5, 0.6) is 0 Å². The van der Waals surface area contributed by atoms with Crippen molar-refractivity contribution in [2.45, 2.75) is 39.3 Å². The molecule has 1 aromatic carbocycles. The zero-order chi connectivity index (χ0) is 20.3. The number of carbonyl (C=O) groups is 4. The summed E-state index contributed by atoms with van der Waals surface area (Å²) >= 11 is 0. The lowest BCUT2D eigenvalue weighted by Crippen LogP contribution is -2.40. The fraction of sp³-hybridized carbons (Fsp3) is 0.429. The van der Waals surface area contributed by atoms with Crippen molar-refractivity contribution in [1.82, 2.24) is 10.2 Å². The number of ether oxygens (including phenoxy) is 1. The number of nitrogens with zero attached hydrogens (tertiary/aromatic N) is 1. The predicted octanol–water partition coefficient (Wildman–Crippen LogP) is 1.49. The number of carbonyl (C=O) groups excluding carboxylic acids is 4. The van der Waals surface area contributed by atoms with Crippen LogP contribution in [0.2, 0.25) is 0 Å². The highest BCUT2D eigenvalue weighted by molar-refractivity contribution is 6.07. The van der Waals surface area contributed by atoms with E-state index in [0.717, 1.165) is 16.0 Å². The third-order valence-electron chi connectivity index (χ3n) is 5.15. The second-order valence-electron chi connectivity index (χ2n) is 7.25. The standard InChI is InChI=1S/C21H24N2O5/c1-13-7-9-15(10-8-13)11-22-19(25)14(2)28-18(24)12-23-20(26)16-5-3-4-6-17(16)21(23)27/h3-4,7-10,14,16-17H,5-6,11-12H2,1-2H3,(H,22,25)/t14-,16+,17+/m1/s1. The number of hydrogen-bond acceptors (Lipinski definition) is 5. The van der Waals surface area contributed by atoms with Crippen molar-refractivity contribution in [2.24, 2.45) is 11.8 Å². The molecular formula is C21H24N2O5. The third-order valence-corrected chi connectivity index (χ3v) is 5.15. The van der Waals surface area contributed by atoms with Crippen molar-refractivity contribution >= 4 is 23.7 Å². The van der Waals surface area contributed by atoms with Crippen molar-refractivity contribution in [2.75, 3.05) is 6.54 Å². The lowest BCUT2D eigenvalue weighted by molar-refractivity contribution is -0.159. The van der Waals surface area contributed by atoms with E-state index in [9.17, 15) is 19.2 Å². The molecule has 1 aliphatic heterocycles. The number of amides is 3. The molecule has 28 heavy (non-hydrogen) atoms. The first-order chi connectivity index (χ1) is 13.4. The third kappa shape index (κ3) is 4.30. The van der Waals surface area contributed by atoms with Gasteiger partial charge in [-0.05, 0) is 32.3 Å². The van der Waals surface area contributed by atoms with E-state index in [1.165, 1.54) is 6.92 Å². The van der Waals surface area contributed by atoms with Crippen LogP contribution in [0.1, 0.15) is 30.9 Å². The quantitative estimate of drug-likeness (QED) is 0.456. The summed E-state index contributed by atoms with van der Waals surface area (Å²) in [5.41, 5.74) is 2.06. The number of aryl methyl sites for hydroxylation is 1. The molecular weight excluding hydrogens is 360 g/mol. The summed E-state index contributed by atoms with van der Waals surface area (Å²) in [5.74, 6) is -2.67. The van der Waals surface area contributed by atoms with Crippen LogP contribution in [0, 0.1) is 18.8 Å². The molecule has 0 bridgehead atoms. The van der Waals surface area contributed by atoms with E-state index in [4.69, 9.17) is 4.74 Å². The summed E-state index contributed by atoms with van der Waals surface area (Å²) in [6.07, 6.45) is 3.77. The van der Waals surface area contributed by atoms with Crippen LogP contribution in [-0.2, 0) is 30.5 Å². The molecule has 1 heterocycles. The molecule has 3 rings (SSSR count). The van der Waals surface area contributed by atoms with Gasteiger partial charge in [0.05, 0.1) is 11.8 Å². The van der Waals surface area contributed by atoms with E-state index < -0.39 is 24.5 Å². The Hall–Kier alpha value is -2.96. The summed E-state index contributed by atoms with van der Waals surface area (Å²) in [6, 6.07) is 7.71. The van der Waals surface area contributed by atoms with Gasteiger partial charge < -0.3 is 10.1 Å². The highest BCUT2D eigenvalue weighted by Gasteiger charge is 2.47. The van der Waals surface area contributed by atoms with Gasteiger partial charge in [-0.2, -0.15) is 0 Å². The lowest BCUT2D eigenvalue weighted by atomic mass is 9.85. The number of esters is 1. The van der Waals surface area contributed by atoms with Gasteiger partial charge in [-0.1, -0.05) is 42.0 Å². The second-order valence-corrected chi connectivity index (χ2v) is 7.25. The highest BCUT2D eigenvalue weighted by Crippen LogP contribution is 2.34. The minimum Gasteiger partial charge on any atom is -0.451 e. The summed E-state index contributed by atoms with van der Waals surface area (Å²) in [7, 11) is 0. The topological polar surface area (TPSA) is 92.8 Å². The lowest BCUT2D eigenvalue weighted by Gasteiger charge is -2.17. The second kappa shape index (κ2) is 8.37. The van der Waals surface area contributed by atoms with Gasteiger partial charge in [-0.15, -0.1) is 0 Å². The van der Waals surface area contributed by atoms with Crippen molar-refractivity contribution in [3.8, 4) is 0 Å². The number of fused-ring (bicyclic) bond motifs is 1. The molecule has 7 heteroatoms. The largest absolute Gasteiger partial charge is 0.451 e. The summed E-state index contributed by atoms with van der Waals surface area (Å²) in [5, 5.41) is 2.70. The SMILES string of the molecule is Cc1ccc(CNC(=O)[C@@H](C)OC(=O)CN2C(=O)[C@H]3CC=CC[C@@H]3C2=O)cc1.